The van der Waals surface area contributed by atoms with Gasteiger partial charge in [-0.3, -0.25) is 0 Å². The van der Waals surface area contributed by atoms with Gasteiger partial charge in [0.2, 0.25) is 0 Å². The fourth-order valence-corrected chi connectivity index (χ4v) is 7.93. The molecule has 1 aromatic carbocycles. The summed E-state index contributed by atoms with van der Waals surface area (Å²) in [5.41, 5.74) is 7.29. The van der Waals surface area contributed by atoms with Crippen LogP contribution < -0.4 is 9.31 Å². The summed E-state index contributed by atoms with van der Waals surface area (Å²) < 4.78 is 8.72. The molecule has 2 nitrogen and oxygen atoms in total. The Labute approximate surface area is 119 Å². The molecule has 0 aliphatic heterocycles. The average Bonchev–Trinajstić information content (AvgIpc) is 2.25. The molecule has 1 radical (unpaired) electrons. The Bertz CT molecular complexity index is 331. The van der Waals surface area contributed by atoms with Crippen LogP contribution in [0.3, 0.4) is 0 Å². The predicted octanol–water partition coefficient (Wildman–Crippen LogP) is 2.77. The Morgan fingerprint density at radius 2 is 1.82 bits per heavy atom. The maximum Gasteiger partial charge on any atom is -0.147 e. The average molecular weight is 363 g/mol. The summed E-state index contributed by atoms with van der Waals surface area (Å²) in [7, 11) is 0. The Kier molecular flexibility index (Phi) is 8.46. The van der Waals surface area contributed by atoms with Gasteiger partial charge in [0.15, 0.2) is 0 Å². The molecule has 1 atom stereocenters. The first-order chi connectivity index (χ1) is 7.56. The van der Waals surface area contributed by atoms with Crippen molar-refractivity contribution in [1.29, 1.82) is 0 Å². The van der Waals surface area contributed by atoms with E-state index in [9.17, 15) is 0 Å². The van der Waals surface area contributed by atoms with Gasteiger partial charge in [0.05, 0.1) is 0 Å². The molecule has 0 spiro atoms. The molecule has 1 aromatic rings. The van der Waals surface area contributed by atoms with Crippen molar-refractivity contribution in [3.63, 3.8) is 0 Å². The summed E-state index contributed by atoms with van der Waals surface area (Å²) in [6, 6.07) is 8.61. The van der Waals surface area contributed by atoms with Gasteiger partial charge in [-0.15, -0.1) is 12.4 Å². The van der Waals surface area contributed by atoms with E-state index in [1.807, 2.05) is 6.92 Å². The van der Waals surface area contributed by atoms with Gasteiger partial charge in [-0.1, -0.05) is 0 Å². The van der Waals surface area contributed by atoms with E-state index in [0.29, 0.717) is 6.10 Å². The van der Waals surface area contributed by atoms with E-state index in [2.05, 4.69) is 45.0 Å². The van der Waals surface area contributed by atoms with E-state index < -0.39 is 20.2 Å². The smallest absolute Gasteiger partial charge is 0.147 e. The topological polar surface area (TPSA) is 35.2 Å². The Morgan fingerprint density at radius 1 is 1.24 bits per heavy atom. The maximum absolute atomic E-state index is 6.12. The predicted molar refractivity (Wildman–Crippen MR) is 78.4 cm³/mol. The second kappa shape index (κ2) is 8.35. The van der Waals surface area contributed by atoms with Crippen LogP contribution in [0.5, 0.6) is 0 Å². The Balaban J connectivity index is 0.00000256. The number of nitrogens with two attached hydrogens (primary N) is 1. The van der Waals surface area contributed by atoms with Gasteiger partial charge in [0, 0.05) is 0 Å². The molecule has 0 saturated heterocycles. The molecule has 0 aromatic heterocycles. The minimum atomic E-state index is -1.91. The summed E-state index contributed by atoms with van der Waals surface area (Å²) in [6.07, 6.45) is 0.329. The molecule has 4 heteroatoms. The molecule has 1 unspecified atom stereocenters. The van der Waals surface area contributed by atoms with Crippen molar-refractivity contribution >= 4 is 36.2 Å². The van der Waals surface area contributed by atoms with E-state index >= 15 is 0 Å². The van der Waals surface area contributed by atoms with Crippen LogP contribution in [0.25, 0.3) is 0 Å². The molecule has 17 heavy (non-hydrogen) atoms. The number of hydrogen-bond acceptors (Lipinski definition) is 2. The summed E-state index contributed by atoms with van der Waals surface area (Å²) in [5, 5.41) is 0. The molecule has 0 bridgehead atoms. The Morgan fingerprint density at radius 3 is 2.29 bits per heavy atom. The number of halogens is 1. The largest absolute Gasteiger partial charge is 0.147 e. The monoisotopic (exact) mass is 364 g/mol. The number of rotatable bonds is 5. The van der Waals surface area contributed by atoms with E-state index in [0.717, 1.165) is 0 Å². The molecule has 1 rings (SSSR count). The molecular weight excluding hydrogens is 340 g/mol. The third kappa shape index (κ3) is 5.16. The normalized spacial score (nSPS) is 12.6. The first kappa shape index (κ1) is 17.2. The summed E-state index contributed by atoms with van der Waals surface area (Å²) in [6.45, 7) is 8.51. The van der Waals surface area contributed by atoms with Gasteiger partial charge >= 0.3 is 107 Å². The van der Waals surface area contributed by atoms with Crippen molar-refractivity contribution in [2.24, 2.45) is 5.73 Å². The standard InChI is InChI=1S/C8H10N.C3H7O.C2H5.ClH.Sn/c1-7(9)8-5-3-2-4-6-8;1-3(2)4;1-2;;/h2-5,7H,9H2,1H3;3H,1-2H3;1H2,2H3;1H;/q;-1;;;+1. The van der Waals surface area contributed by atoms with E-state index in [-0.39, 0.29) is 18.4 Å². The molecule has 2 N–H and O–H groups in total. The summed E-state index contributed by atoms with van der Waals surface area (Å²) in [5.74, 6) is 0. The van der Waals surface area contributed by atoms with Crippen molar-refractivity contribution in [3.8, 4) is 0 Å². The zero-order valence-electron chi connectivity index (χ0n) is 11.1. The molecule has 0 fully saturated rings. The minimum absolute atomic E-state index is 0. The van der Waals surface area contributed by atoms with Crippen LogP contribution in [0.1, 0.15) is 39.3 Å². The third-order valence-corrected chi connectivity index (χ3v) is 9.46. The zero-order valence-corrected chi connectivity index (χ0v) is 14.7. The van der Waals surface area contributed by atoms with Crippen LogP contribution in [0.4, 0.5) is 0 Å². The van der Waals surface area contributed by atoms with Gasteiger partial charge in [-0.2, -0.15) is 0 Å². The van der Waals surface area contributed by atoms with Crippen molar-refractivity contribution < 1.29 is 3.07 Å². The van der Waals surface area contributed by atoms with Crippen LogP contribution in [-0.2, 0) is 3.07 Å². The molecule has 97 valence electrons. The number of benzene rings is 1. The van der Waals surface area contributed by atoms with E-state index in [4.69, 9.17) is 8.81 Å². The first-order valence-corrected chi connectivity index (χ1v) is 10.5. The van der Waals surface area contributed by atoms with E-state index in [1.54, 1.807) is 0 Å². The molecule has 0 heterocycles. The van der Waals surface area contributed by atoms with Crippen molar-refractivity contribution in [1.82, 2.24) is 0 Å². The van der Waals surface area contributed by atoms with Gasteiger partial charge in [-0.25, -0.2) is 0 Å². The fraction of sp³-hybridized carbons (Fsp3) is 0.538. The Hall–Kier alpha value is 0.229. The molecule has 0 amide bonds. The van der Waals surface area contributed by atoms with Crippen LogP contribution in [0.15, 0.2) is 24.3 Å². The van der Waals surface area contributed by atoms with Gasteiger partial charge in [0.1, 0.15) is 0 Å². The molecule has 0 saturated carbocycles. The maximum atomic E-state index is 6.12. The van der Waals surface area contributed by atoms with Gasteiger partial charge in [0.25, 0.3) is 0 Å². The van der Waals surface area contributed by atoms with E-state index in [1.165, 1.54) is 13.6 Å². The molecule has 0 aliphatic rings. The SMILES string of the molecule is C[CH2][Sn]([O]C(C)C)[c]1ccccc1C(C)N.Cl. The summed E-state index contributed by atoms with van der Waals surface area (Å²) in [4.78, 5) is 0. The second-order valence-electron chi connectivity index (χ2n) is 4.32. The van der Waals surface area contributed by atoms with Crippen LogP contribution in [0, 0.1) is 0 Å². The minimum Gasteiger partial charge on any atom is -0.147 e. The van der Waals surface area contributed by atoms with Crippen molar-refractivity contribution in [2.45, 2.75) is 44.3 Å². The van der Waals surface area contributed by atoms with Gasteiger partial charge < -0.3 is 0 Å². The third-order valence-electron chi connectivity index (χ3n) is 2.45. The zero-order chi connectivity index (χ0) is 12.1. The first-order valence-electron chi connectivity index (χ1n) is 5.93. The van der Waals surface area contributed by atoms with Gasteiger partial charge in [-0.05, 0) is 0 Å². The quantitative estimate of drug-likeness (QED) is 0.817. The molecular formula is C13H23ClNOSn. The molecule has 0 aliphatic carbocycles. The second-order valence-corrected chi connectivity index (χ2v) is 11.0. The van der Waals surface area contributed by atoms with Crippen LogP contribution >= 0.6 is 12.4 Å². The fourth-order valence-electron chi connectivity index (χ4n) is 1.77. The van der Waals surface area contributed by atoms with Crippen molar-refractivity contribution in [3.05, 3.63) is 29.8 Å². The number of hydrogen-bond donors (Lipinski definition) is 1. The van der Waals surface area contributed by atoms with Crippen LogP contribution in [-0.4, -0.2) is 26.3 Å². The summed E-state index contributed by atoms with van der Waals surface area (Å²) >= 11 is -1.91. The van der Waals surface area contributed by atoms with Crippen LogP contribution in [0.2, 0.25) is 4.44 Å². The van der Waals surface area contributed by atoms with Crippen molar-refractivity contribution in [2.75, 3.05) is 0 Å².